The van der Waals surface area contributed by atoms with Gasteiger partial charge >= 0.3 is 0 Å². The number of hydrogen-bond acceptors (Lipinski definition) is 3. The van der Waals surface area contributed by atoms with Crippen molar-refractivity contribution >= 4 is 18.3 Å². The second-order valence-electron chi connectivity index (χ2n) is 3.45. The van der Waals surface area contributed by atoms with Crippen LogP contribution in [0.25, 0.3) is 0 Å². The molecule has 1 aromatic carbocycles. The van der Waals surface area contributed by atoms with E-state index in [1.165, 1.54) is 19.2 Å². The maximum Gasteiger partial charge on any atom is 0.255 e. The molecule has 6 heteroatoms. The Kier molecular flexibility index (Phi) is 6.53. The summed E-state index contributed by atoms with van der Waals surface area (Å²) in [6, 6.07) is 3.62. The first-order chi connectivity index (χ1) is 7.58. The van der Waals surface area contributed by atoms with Crippen LogP contribution in [-0.2, 0) is 0 Å². The highest BCUT2D eigenvalue weighted by Crippen LogP contribution is 2.19. The van der Waals surface area contributed by atoms with Crippen LogP contribution in [0.3, 0.4) is 0 Å². The molecule has 0 fully saturated rings. The van der Waals surface area contributed by atoms with Gasteiger partial charge in [-0.05, 0) is 25.1 Å². The van der Waals surface area contributed by atoms with Gasteiger partial charge < -0.3 is 15.8 Å². The van der Waals surface area contributed by atoms with Crippen LogP contribution in [0.15, 0.2) is 18.2 Å². The third-order valence-electron chi connectivity index (χ3n) is 2.14. The van der Waals surface area contributed by atoms with Crippen LogP contribution in [0.5, 0.6) is 5.75 Å². The Morgan fingerprint density at radius 2 is 2.24 bits per heavy atom. The number of ether oxygens (including phenoxy) is 1. The summed E-state index contributed by atoms with van der Waals surface area (Å²) >= 11 is 0. The lowest BCUT2D eigenvalue weighted by molar-refractivity contribution is 0.0937. The Hall–Kier alpha value is -1.33. The molecule has 0 heterocycles. The summed E-state index contributed by atoms with van der Waals surface area (Å²) in [4.78, 5) is 11.7. The Morgan fingerprint density at radius 3 is 2.76 bits per heavy atom. The molecule has 0 unspecified atom stereocenters. The maximum absolute atomic E-state index is 13.0. The molecule has 0 aliphatic heterocycles. The number of halogens is 2. The SMILES string of the molecule is COc1ccc(F)cc1C(=O)N[C@@H](C)CN.Cl. The van der Waals surface area contributed by atoms with Gasteiger partial charge in [-0.3, -0.25) is 4.79 Å². The minimum atomic E-state index is -0.480. The Bertz CT molecular complexity index is 388. The van der Waals surface area contributed by atoms with E-state index in [0.717, 1.165) is 6.07 Å². The minimum absolute atomic E-state index is 0. The molecule has 0 radical (unpaired) electrons. The van der Waals surface area contributed by atoms with Crippen molar-refractivity contribution in [3.63, 3.8) is 0 Å². The van der Waals surface area contributed by atoms with Crippen LogP contribution >= 0.6 is 12.4 Å². The number of carbonyl (C=O) groups is 1. The second kappa shape index (κ2) is 7.09. The first-order valence-corrected chi connectivity index (χ1v) is 4.93. The minimum Gasteiger partial charge on any atom is -0.496 e. The number of amides is 1. The van der Waals surface area contributed by atoms with E-state index >= 15 is 0 Å². The van der Waals surface area contributed by atoms with Crippen LogP contribution in [0, 0.1) is 5.82 Å². The standard InChI is InChI=1S/C11H15FN2O2.ClH/c1-7(6-13)14-11(15)9-5-8(12)3-4-10(9)16-2;/h3-5,7H,6,13H2,1-2H3,(H,14,15);1H/t7-;/m0./s1. The summed E-state index contributed by atoms with van der Waals surface area (Å²) < 4.78 is 18.0. The maximum atomic E-state index is 13.0. The molecule has 0 saturated heterocycles. The molecule has 0 bridgehead atoms. The van der Waals surface area contributed by atoms with E-state index in [9.17, 15) is 9.18 Å². The number of hydrogen-bond donors (Lipinski definition) is 2. The topological polar surface area (TPSA) is 64.3 Å². The lowest BCUT2D eigenvalue weighted by Gasteiger charge is -2.13. The summed E-state index contributed by atoms with van der Waals surface area (Å²) in [5, 5.41) is 2.64. The largest absolute Gasteiger partial charge is 0.496 e. The number of nitrogens with one attached hydrogen (secondary N) is 1. The van der Waals surface area contributed by atoms with Gasteiger partial charge in [-0.1, -0.05) is 0 Å². The zero-order valence-corrected chi connectivity index (χ0v) is 10.5. The van der Waals surface area contributed by atoms with E-state index in [1.807, 2.05) is 0 Å². The lowest BCUT2D eigenvalue weighted by Crippen LogP contribution is -2.37. The van der Waals surface area contributed by atoms with E-state index in [4.69, 9.17) is 10.5 Å². The van der Waals surface area contributed by atoms with Gasteiger partial charge in [-0.25, -0.2) is 4.39 Å². The molecule has 96 valence electrons. The van der Waals surface area contributed by atoms with Gasteiger partial charge in [-0.2, -0.15) is 0 Å². The van der Waals surface area contributed by atoms with Crippen LogP contribution < -0.4 is 15.8 Å². The van der Waals surface area contributed by atoms with Gasteiger partial charge in [0.15, 0.2) is 0 Å². The highest BCUT2D eigenvalue weighted by molar-refractivity contribution is 5.97. The van der Waals surface area contributed by atoms with E-state index < -0.39 is 11.7 Å². The molecule has 0 aromatic heterocycles. The highest BCUT2D eigenvalue weighted by Gasteiger charge is 2.14. The average molecular weight is 263 g/mol. The van der Waals surface area contributed by atoms with Gasteiger partial charge in [0, 0.05) is 12.6 Å². The van der Waals surface area contributed by atoms with Crippen molar-refractivity contribution in [1.82, 2.24) is 5.32 Å². The van der Waals surface area contributed by atoms with Crippen LogP contribution in [0.4, 0.5) is 4.39 Å². The first kappa shape index (κ1) is 15.7. The van der Waals surface area contributed by atoms with Crippen molar-refractivity contribution in [3.05, 3.63) is 29.6 Å². The predicted molar refractivity (Wildman–Crippen MR) is 66.2 cm³/mol. The molecule has 4 nitrogen and oxygen atoms in total. The molecule has 0 aliphatic carbocycles. The molecule has 1 atom stereocenters. The average Bonchev–Trinajstić information content (AvgIpc) is 2.28. The van der Waals surface area contributed by atoms with Crippen LogP contribution in [0.2, 0.25) is 0 Å². The smallest absolute Gasteiger partial charge is 0.255 e. The highest BCUT2D eigenvalue weighted by atomic mass is 35.5. The number of rotatable bonds is 4. The summed E-state index contributed by atoms with van der Waals surface area (Å²) in [7, 11) is 1.43. The zero-order valence-electron chi connectivity index (χ0n) is 9.70. The Morgan fingerprint density at radius 1 is 1.59 bits per heavy atom. The summed E-state index contributed by atoms with van der Waals surface area (Å²) in [5.41, 5.74) is 5.55. The van der Waals surface area contributed by atoms with Gasteiger partial charge in [0.25, 0.3) is 5.91 Å². The fraction of sp³-hybridized carbons (Fsp3) is 0.364. The molecular weight excluding hydrogens is 247 g/mol. The predicted octanol–water partition coefficient (Wildman–Crippen LogP) is 1.33. The van der Waals surface area contributed by atoms with E-state index in [2.05, 4.69) is 5.32 Å². The van der Waals surface area contributed by atoms with Crippen LogP contribution in [-0.4, -0.2) is 25.6 Å². The lowest BCUT2D eigenvalue weighted by atomic mass is 10.1. The Labute approximate surface area is 106 Å². The second-order valence-corrected chi connectivity index (χ2v) is 3.45. The van der Waals surface area contributed by atoms with Crippen molar-refractivity contribution in [2.24, 2.45) is 5.73 Å². The molecule has 0 spiro atoms. The summed E-state index contributed by atoms with van der Waals surface area (Å²) in [5.74, 6) is -0.538. The molecule has 0 saturated carbocycles. The van der Waals surface area contributed by atoms with E-state index in [1.54, 1.807) is 6.92 Å². The molecule has 0 aliphatic rings. The number of carbonyl (C=O) groups excluding carboxylic acids is 1. The first-order valence-electron chi connectivity index (χ1n) is 4.93. The van der Waals surface area contributed by atoms with Gasteiger partial charge in [0.2, 0.25) is 0 Å². The van der Waals surface area contributed by atoms with Crippen LogP contribution in [0.1, 0.15) is 17.3 Å². The van der Waals surface area contributed by atoms with Gasteiger partial charge in [0.1, 0.15) is 11.6 Å². The van der Waals surface area contributed by atoms with Crippen molar-refractivity contribution in [1.29, 1.82) is 0 Å². The summed E-state index contributed by atoms with van der Waals surface area (Å²) in [6.45, 7) is 2.09. The van der Waals surface area contributed by atoms with E-state index in [0.29, 0.717) is 12.3 Å². The number of nitrogens with two attached hydrogens (primary N) is 1. The van der Waals surface area contributed by atoms with E-state index in [-0.39, 0.29) is 24.0 Å². The van der Waals surface area contributed by atoms with Crippen molar-refractivity contribution in [2.45, 2.75) is 13.0 Å². The molecule has 1 aromatic rings. The normalized spacial score (nSPS) is 11.3. The molecule has 1 rings (SSSR count). The number of methoxy groups -OCH3 is 1. The molecular formula is C11H16ClFN2O2. The van der Waals surface area contributed by atoms with Gasteiger partial charge in [0.05, 0.1) is 12.7 Å². The van der Waals surface area contributed by atoms with Gasteiger partial charge in [-0.15, -0.1) is 12.4 Å². The molecule has 1 amide bonds. The van der Waals surface area contributed by atoms with Crippen molar-refractivity contribution < 1.29 is 13.9 Å². The molecule has 17 heavy (non-hydrogen) atoms. The monoisotopic (exact) mass is 262 g/mol. The fourth-order valence-electron chi connectivity index (χ4n) is 1.22. The zero-order chi connectivity index (χ0) is 12.1. The molecule has 3 N–H and O–H groups in total. The quantitative estimate of drug-likeness (QED) is 0.861. The fourth-order valence-corrected chi connectivity index (χ4v) is 1.22. The number of benzene rings is 1. The summed E-state index contributed by atoms with van der Waals surface area (Å²) in [6.07, 6.45) is 0. The van der Waals surface area contributed by atoms with Crippen molar-refractivity contribution in [2.75, 3.05) is 13.7 Å². The third-order valence-corrected chi connectivity index (χ3v) is 2.14. The third kappa shape index (κ3) is 4.20. The Balaban J connectivity index is 0.00000256. The van der Waals surface area contributed by atoms with Crippen molar-refractivity contribution in [3.8, 4) is 5.75 Å².